The van der Waals surface area contributed by atoms with Gasteiger partial charge in [-0.25, -0.2) is 4.39 Å². The number of hydrazine groups is 1. The SMILES string of the molecule is COc1cccc(F)c1C(Cc1ccc(Br)cn1)NN. The number of pyridine rings is 1. The van der Waals surface area contributed by atoms with E-state index in [0.29, 0.717) is 17.7 Å². The van der Waals surface area contributed by atoms with Crippen LogP contribution in [0, 0.1) is 5.82 Å². The third kappa shape index (κ3) is 3.33. The van der Waals surface area contributed by atoms with Crippen LogP contribution in [0.3, 0.4) is 0 Å². The molecule has 106 valence electrons. The first-order valence-corrected chi connectivity index (χ1v) is 6.84. The van der Waals surface area contributed by atoms with Crippen molar-refractivity contribution in [2.75, 3.05) is 7.11 Å². The summed E-state index contributed by atoms with van der Waals surface area (Å²) in [6, 6.07) is 8.02. The number of hydrogen-bond acceptors (Lipinski definition) is 4. The minimum atomic E-state index is -0.417. The van der Waals surface area contributed by atoms with Crippen LogP contribution in [0.1, 0.15) is 17.3 Å². The predicted molar refractivity (Wildman–Crippen MR) is 78.7 cm³/mol. The summed E-state index contributed by atoms with van der Waals surface area (Å²) in [4.78, 5) is 4.27. The van der Waals surface area contributed by atoms with E-state index in [1.165, 1.54) is 13.2 Å². The van der Waals surface area contributed by atoms with Gasteiger partial charge in [0.25, 0.3) is 0 Å². The monoisotopic (exact) mass is 339 g/mol. The van der Waals surface area contributed by atoms with Crippen molar-refractivity contribution in [2.45, 2.75) is 12.5 Å². The number of nitrogens with zero attached hydrogens (tertiary/aromatic N) is 1. The van der Waals surface area contributed by atoms with Crippen LogP contribution in [0.2, 0.25) is 0 Å². The molecular weight excluding hydrogens is 325 g/mol. The minimum absolute atomic E-state index is 0.357. The van der Waals surface area contributed by atoms with E-state index >= 15 is 0 Å². The fourth-order valence-corrected chi connectivity index (χ4v) is 2.25. The van der Waals surface area contributed by atoms with Crippen molar-refractivity contribution >= 4 is 15.9 Å². The third-order valence-corrected chi connectivity index (χ3v) is 3.45. The lowest BCUT2D eigenvalue weighted by Crippen LogP contribution is -2.30. The quantitative estimate of drug-likeness (QED) is 0.649. The molecule has 1 aromatic heterocycles. The highest BCUT2D eigenvalue weighted by atomic mass is 79.9. The molecule has 6 heteroatoms. The van der Waals surface area contributed by atoms with Crippen LogP contribution in [0.5, 0.6) is 5.75 Å². The molecule has 20 heavy (non-hydrogen) atoms. The number of hydrogen-bond donors (Lipinski definition) is 2. The second-order valence-electron chi connectivity index (χ2n) is 4.25. The summed E-state index contributed by atoms with van der Waals surface area (Å²) >= 11 is 3.33. The van der Waals surface area contributed by atoms with E-state index < -0.39 is 6.04 Å². The second-order valence-corrected chi connectivity index (χ2v) is 5.16. The molecular formula is C14H15BrFN3O. The molecule has 2 rings (SSSR count). The van der Waals surface area contributed by atoms with Gasteiger partial charge in [-0.3, -0.25) is 16.3 Å². The van der Waals surface area contributed by atoms with E-state index in [9.17, 15) is 4.39 Å². The summed E-state index contributed by atoms with van der Waals surface area (Å²) in [6.07, 6.45) is 2.16. The van der Waals surface area contributed by atoms with Crippen molar-refractivity contribution in [3.63, 3.8) is 0 Å². The Balaban J connectivity index is 2.31. The molecule has 1 unspecified atom stereocenters. The third-order valence-electron chi connectivity index (χ3n) is 2.98. The Morgan fingerprint density at radius 1 is 1.40 bits per heavy atom. The zero-order chi connectivity index (χ0) is 14.5. The number of methoxy groups -OCH3 is 1. The highest BCUT2D eigenvalue weighted by Crippen LogP contribution is 2.29. The molecule has 0 aliphatic heterocycles. The van der Waals surface area contributed by atoms with Gasteiger partial charge in [-0.2, -0.15) is 0 Å². The van der Waals surface area contributed by atoms with Gasteiger partial charge in [0.15, 0.2) is 0 Å². The van der Waals surface area contributed by atoms with Gasteiger partial charge in [0.2, 0.25) is 0 Å². The van der Waals surface area contributed by atoms with Crippen molar-refractivity contribution < 1.29 is 9.13 Å². The van der Waals surface area contributed by atoms with Gasteiger partial charge < -0.3 is 4.74 Å². The lowest BCUT2D eigenvalue weighted by atomic mass is 10.0. The van der Waals surface area contributed by atoms with Crippen molar-refractivity contribution in [3.05, 3.63) is 58.1 Å². The topological polar surface area (TPSA) is 60.2 Å². The first kappa shape index (κ1) is 14.9. The highest BCUT2D eigenvalue weighted by Gasteiger charge is 2.20. The number of halogens is 2. The Morgan fingerprint density at radius 3 is 2.80 bits per heavy atom. The van der Waals surface area contributed by atoms with E-state index in [1.807, 2.05) is 12.1 Å². The fraction of sp³-hybridized carbons (Fsp3) is 0.214. The first-order valence-electron chi connectivity index (χ1n) is 6.04. The average molecular weight is 340 g/mol. The fourth-order valence-electron chi connectivity index (χ4n) is 2.01. The molecule has 0 aliphatic carbocycles. The molecule has 0 radical (unpaired) electrons. The standard InChI is InChI=1S/C14H15BrFN3O/c1-20-13-4-2-3-11(16)14(13)12(19-17)7-10-6-5-9(15)8-18-10/h2-6,8,12,19H,7,17H2,1H3. The molecule has 0 saturated carbocycles. The highest BCUT2D eigenvalue weighted by molar-refractivity contribution is 9.10. The molecule has 0 aliphatic rings. The summed E-state index contributed by atoms with van der Waals surface area (Å²) in [5.74, 6) is 5.67. The number of rotatable bonds is 5. The molecule has 4 nitrogen and oxygen atoms in total. The Bertz CT molecular complexity index is 577. The second kappa shape index (κ2) is 6.78. The van der Waals surface area contributed by atoms with E-state index in [1.54, 1.807) is 18.3 Å². The van der Waals surface area contributed by atoms with Gasteiger partial charge in [-0.15, -0.1) is 0 Å². The lowest BCUT2D eigenvalue weighted by Gasteiger charge is -2.19. The van der Waals surface area contributed by atoms with E-state index in [0.717, 1.165) is 10.2 Å². The van der Waals surface area contributed by atoms with Crippen LogP contribution in [0.15, 0.2) is 41.0 Å². The Morgan fingerprint density at radius 2 is 2.20 bits per heavy atom. The number of benzene rings is 1. The van der Waals surface area contributed by atoms with Gasteiger partial charge in [0.1, 0.15) is 11.6 Å². The summed E-state index contributed by atoms with van der Waals surface area (Å²) in [6.45, 7) is 0. The maximum absolute atomic E-state index is 14.0. The average Bonchev–Trinajstić information content (AvgIpc) is 2.47. The summed E-state index contributed by atoms with van der Waals surface area (Å²) < 4.78 is 20.1. The Labute approximate surface area is 125 Å². The first-order chi connectivity index (χ1) is 9.65. The molecule has 1 heterocycles. The predicted octanol–water partition coefficient (Wildman–Crippen LogP) is 2.74. The van der Waals surface area contributed by atoms with Gasteiger partial charge in [-0.05, 0) is 40.2 Å². The molecule has 1 aromatic carbocycles. The van der Waals surface area contributed by atoms with Crippen molar-refractivity contribution in [3.8, 4) is 5.75 Å². The summed E-state index contributed by atoms with van der Waals surface area (Å²) in [5.41, 5.74) is 3.84. The Hall–Kier alpha value is -1.50. The summed E-state index contributed by atoms with van der Waals surface area (Å²) in [5, 5.41) is 0. The van der Waals surface area contributed by atoms with Crippen LogP contribution in [0.25, 0.3) is 0 Å². The number of ether oxygens (including phenoxy) is 1. The lowest BCUT2D eigenvalue weighted by molar-refractivity contribution is 0.390. The zero-order valence-corrected chi connectivity index (χ0v) is 12.5. The minimum Gasteiger partial charge on any atom is -0.496 e. The normalized spacial score (nSPS) is 12.2. The van der Waals surface area contributed by atoms with Crippen LogP contribution < -0.4 is 16.0 Å². The molecule has 1 atom stereocenters. The maximum Gasteiger partial charge on any atom is 0.131 e. The van der Waals surface area contributed by atoms with Gasteiger partial charge in [-0.1, -0.05) is 6.07 Å². The molecule has 2 aromatic rings. The van der Waals surface area contributed by atoms with Gasteiger partial charge >= 0.3 is 0 Å². The Kier molecular flexibility index (Phi) is 5.05. The summed E-state index contributed by atoms with van der Waals surface area (Å²) in [7, 11) is 1.50. The van der Waals surface area contributed by atoms with E-state index in [-0.39, 0.29) is 5.82 Å². The molecule has 0 saturated heterocycles. The molecule has 0 amide bonds. The van der Waals surface area contributed by atoms with E-state index in [4.69, 9.17) is 10.6 Å². The molecule has 3 N–H and O–H groups in total. The molecule has 0 bridgehead atoms. The van der Waals surface area contributed by atoms with Crippen LogP contribution in [-0.2, 0) is 6.42 Å². The van der Waals surface area contributed by atoms with Crippen LogP contribution >= 0.6 is 15.9 Å². The largest absolute Gasteiger partial charge is 0.496 e. The van der Waals surface area contributed by atoms with Crippen molar-refractivity contribution in [1.29, 1.82) is 0 Å². The smallest absolute Gasteiger partial charge is 0.131 e. The zero-order valence-electron chi connectivity index (χ0n) is 10.9. The number of nitrogens with two attached hydrogens (primary N) is 1. The van der Waals surface area contributed by atoms with Crippen LogP contribution in [-0.4, -0.2) is 12.1 Å². The molecule has 0 fully saturated rings. The maximum atomic E-state index is 14.0. The van der Waals surface area contributed by atoms with Crippen LogP contribution in [0.4, 0.5) is 4.39 Å². The molecule has 0 spiro atoms. The van der Waals surface area contributed by atoms with Crippen molar-refractivity contribution in [1.82, 2.24) is 10.4 Å². The van der Waals surface area contributed by atoms with Gasteiger partial charge in [0.05, 0.1) is 13.2 Å². The number of nitrogens with one attached hydrogen (secondary N) is 1. The number of aromatic nitrogens is 1. The van der Waals surface area contributed by atoms with Crippen molar-refractivity contribution in [2.24, 2.45) is 5.84 Å². The van der Waals surface area contributed by atoms with Gasteiger partial charge in [0, 0.05) is 28.3 Å². The van der Waals surface area contributed by atoms with E-state index in [2.05, 4.69) is 26.3 Å².